The Kier molecular flexibility index (Phi) is 2.88. The lowest BCUT2D eigenvalue weighted by molar-refractivity contribution is 0.384. The van der Waals surface area contributed by atoms with Crippen LogP contribution in [0.1, 0.15) is 5.56 Å². The van der Waals surface area contributed by atoms with Crippen LogP contribution in [0.2, 0.25) is 0 Å². The van der Waals surface area contributed by atoms with Crippen LogP contribution in [-0.4, -0.2) is 19.2 Å². The van der Waals surface area contributed by atoms with Gasteiger partial charge < -0.3 is 15.2 Å². The molecule has 4 nitrogen and oxygen atoms in total. The summed E-state index contributed by atoms with van der Waals surface area (Å²) in [4.78, 5) is 3.97. The molecule has 0 aliphatic carbocycles. The highest BCUT2D eigenvalue weighted by molar-refractivity contribution is 5.34. The van der Waals surface area contributed by atoms with Crippen LogP contribution in [0.25, 0.3) is 0 Å². The highest BCUT2D eigenvalue weighted by Crippen LogP contribution is 2.19. The first-order valence-corrected chi connectivity index (χ1v) is 3.58. The third-order valence-electron chi connectivity index (χ3n) is 1.57. The first-order valence-electron chi connectivity index (χ1n) is 3.58. The van der Waals surface area contributed by atoms with E-state index in [1.54, 1.807) is 26.5 Å². The minimum Gasteiger partial charge on any atom is -0.495 e. The summed E-state index contributed by atoms with van der Waals surface area (Å²) in [7, 11) is 3.15. The Hall–Kier alpha value is -1.29. The van der Waals surface area contributed by atoms with Gasteiger partial charge in [0.05, 0.1) is 20.4 Å². The Morgan fingerprint density at radius 2 is 2.17 bits per heavy atom. The van der Waals surface area contributed by atoms with Gasteiger partial charge in [0, 0.05) is 18.2 Å². The van der Waals surface area contributed by atoms with E-state index in [2.05, 4.69) is 4.98 Å². The molecule has 0 saturated heterocycles. The predicted molar refractivity (Wildman–Crippen MR) is 45.2 cm³/mol. The molecular formula is C8H12N2O2. The van der Waals surface area contributed by atoms with Crippen molar-refractivity contribution in [2.45, 2.75) is 6.54 Å². The van der Waals surface area contributed by atoms with Crippen molar-refractivity contribution in [1.82, 2.24) is 4.98 Å². The molecule has 1 heterocycles. The van der Waals surface area contributed by atoms with Gasteiger partial charge in [-0.2, -0.15) is 0 Å². The number of pyridine rings is 1. The molecule has 0 aliphatic heterocycles. The smallest absolute Gasteiger partial charge is 0.213 e. The fourth-order valence-corrected chi connectivity index (χ4v) is 0.918. The summed E-state index contributed by atoms with van der Waals surface area (Å²) in [6.07, 6.45) is 1.60. The van der Waals surface area contributed by atoms with Crippen LogP contribution in [-0.2, 0) is 6.54 Å². The molecule has 1 rings (SSSR count). The summed E-state index contributed by atoms with van der Waals surface area (Å²) < 4.78 is 9.97. The molecule has 0 spiro atoms. The third-order valence-corrected chi connectivity index (χ3v) is 1.57. The third kappa shape index (κ3) is 1.65. The van der Waals surface area contributed by atoms with Crippen molar-refractivity contribution < 1.29 is 9.47 Å². The fourth-order valence-electron chi connectivity index (χ4n) is 0.918. The van der Waals surface area contributed by atoms with Gasteiger partial charge in [-0.15, -0.1) is 0 Å². The van der Waals surface area contributed by atoms with Crippen LogP contribution in [0.15, 0.2) is 12.3 Å². The van der Waals surface area contributed by atoms with Crippen molar-refractivity contribution in [3.05, 3.63) is 17.8 Å². The summed E-state index contributed by atoms with van der Waals surface area (Å²) in [5.74, 6) is 1.24. The predicted octanol–water partition coefficient (Wildman–Crippen LogP) is 0.557. The van der Waals surface area contributed by atoms with Gasteiger partial charge >= 0.3 is 0 Å². The normalized spacial score (nSPS) is 9.58. The van der Waals surface area contributed by atoms with E-state index in [4.69, 9.17) is 15.2 Å². The second kappa shape index (κ2) is 3.92. The molecule has 1 aromatic heterocycles. The van der Waals surface area contributed by atoms with Gasteiger partial charge in [-0.3, -0.25) is 0 Å². The highest BCUT2D eigenvalue weighted by Gasteiger charge is 2.03. The molecule has 1 aromatic rings. The highest BCUT2D eigenvalue weighted by atomic mass is 16.5. The van der Waals surface area contributed by atoms with Gasteiger partial charge in [-0.1, -0.05) is 0 Å². The number of methoxy groups -OCH3 is 2. The molecule has 2 N–H and O–H groups in total. The van der Waals surface area contributed by atoms with Gasteiger partial charge in [-0.05, 0) is 0 Å². The van der Waals surface area contributed by atoms with Crippen molar-refractivity contribution in [3.63, 3.8) is 0 Å². The van der Waals surface area contributed by atoms with E-state index in [0.717, 1.165) is 5.56 Å². The van der Waals surface area contributed by atoms with Crippen molar-refractivity contribution in [1.29, 1.82) is 0 Å². The molecule has 0 bridgehead atoms. The fraction of sp³-hybridized carbons (Fsp3) is 0.375. The number of aromatic nitrogens is 1. The van der Waals surface area contributed by atoms with Crippen molar-refractivity contribution >= 4 is 0 Å². The first-order chi connectivity index (χ1) is 5.81. The topological polar surface area (TPSA) is 57.4 Å². The lowest BCUT2D eigenvalue weighted by Crippen LogP contribution is -2.01. The minimum absolute atomic E-state index is 0.419. The molecule has 66 valence electrons. The Morgan fingerprint density at radius 1 is 1.42 bits per heavy atom. The molecule has 0 radical (unpaired) electrons. The molecule has 0 fully saturated rings. The standard InChI is InChI=1S/C8H12N2O2/c1-11-7-5-10-8(12-2)3-6(7)4-9/h3,5H,4,9H2,1-2H3. The number of hydrogen-bond acceptors (Lipinski definition) is 4. The summed E-state index contributed by atoms with van der Waals surface area (Å²) in [6, 6.07) is 1.76. The lowest BCUT2D eigenvalue weighted by Gasteiger charge is -2.06. The number of nitrogens with two attached hydrogens (primary N) is 1. The van der Waals surface area contributed by atoms with Crippen molar-refractivity contribution in [3.8, 4) is 11.6 Å². The zero-order valence-electron chi connectivity index (χ0n) is 7.20. The van der Waals surface area contributed by atoms with Crippen molar-refractivity contribution in [2.24, 2.45) is 5.73 Å². The van der Waals surface area contributed by atoms with Crippen LogP contribution in [0.5, 0.6) is 11.6 Å². The van der Waals surface area contributed by atoms with Crippen LogP contribution in [0, 0.1) is 0 Å². The summed E-state index contributed by atoms with van der Waals surface area (Å²) in [5, 5.41) is 0. The van der Waals surface area contributed by atoms with Crippen LogP contribution < -0.4 is 15.2 Å². The van der Waals surface area contributed by atoms with E-state index in [-0.39, 0.29) is 0 Å². The van der Waals surface area contributed by atoms with E-state index in [9.17, 15) is 0 Å². The van der Waals surface area contributed by atoms with E-state index in [0.29, 0.717) is 18.2 Å². The average molecular weight is 168 g/mol. The Balaban J connectivity index is 3.02. The molecule has 0 atom stereocenters. The number of nitrogens with zero attached hydrogens (tertiary/aromatic N) is 1. The molecular weight excluding hydrogens is 156 g/mol. The maximum absolute atomic E-state index is 5.49. The van der Waals surface area contributed by atoms with E-state index in [1.807, 2.05) is 0 Å². The largest absolute Gasteiger partial charge is 0.495 e. The van der Waals surface area contributed by atoms with Gasteiger partial charge in [0.15, 0.2) is 0 Å². The summed E-state index contributed by atoms with van der Waals surface area (Å²) in [5.41, 5.74) is 6.38. The first kappa shape index (κ1) is 8.80. The van der Waals surface area contributed by atoms with E-state index in [1.165, 1.54) is 0 Å². The monoisotopic (exact) mass is 168 g/mol. The quantitative estimate of drug-likeness (QED) is 0.716. The van der Waals surface area contributed by atoms with Crippen molar-refractivity contribution in [2.75, 3.05) is 14.2 Å². The van der Waals surface area contributed by atoms with E-state index < -0.39 is 0 Å². The van der Waals surface area contributed by atoms with E-state index >= 15 is 0 Å². The maximum atomic E-state index is 5.49. The second-order valence-electron chi connectivity index (χ2n) is 2.24. The SMILES string of the molecule is COc1cc(CN)c(OC)cn1. The lowest BCUT2D eigenvalue weighted by atomic mass is 10.2. The molecule has 4 heteroatoms. The zero-order chi connectivity index (χ0) is 8.97. The summed E-state index contributed by atoms with van der Waals surface area (Å²) in [6.45, 7) is 0.419. The second-order valence-corrected chi connectivity index (χ2v) is 2.24. The van der Waals surface area contributed by atoms with Gasteiger partial charge in [-0.25, -0.2) is 4.98 Å². The van der Waals surface area contributed by atoms with Crippen LogP contribution in [0.3, 0.4) is 0 Å². The van der Waals surface area contributed by atoms with Gasteiger partial charge in [0.25, 0.3) is 0 Å². The summed E-state index contributed by atoms with van der Waals surface area (Å²) >= 11 is 0. The molecule has 0 amide bonds. The Bertz CT molecular complexity index is 263. The van der Waals surface area contributed by atoms with Gasteiger partial charge in [0.1, 0.15) is 5.75 Å². The maximum Gasteiger partial charge on any atom is 0.213 e. The number of rotatable bonds is 3. The zero-order valence-corrected chi connectivity index (χ0v) is 7.20. The Morgan fingerprint density at radius 3 is 2.67 bits per heavy atom. The molecule has 0 saturated carbocycles. The Labute approximate surface area is 71.3 Å². The molecule has 12 heavy (non-hydrogen) atoms. The molecule has 0 unspecified atom stereocenters. The number of hydrogen-bond donors (Lipinski definition) is 1. The molecule has 0 aliphatic rings. The van der Waals surface area contributed by atoms with Gasteiger partial charge in [0.2, 0.25) is 5.88 Å². The minimum atomic E-state index is 0.419. The van der Waals surface area contributed by atoms with Crippen LogP contribution in [0.4, 0.5) is 0 Å². The molecule has 0 aromatic carbocycles. The number of ether oxygens (including phenoxy) is 2. The average Bonchev–Trinajstić information content (AvgIpc) is 2.16. The van der Waals surface area contributed by atoms with Crippen LogP contribution >= 0.6 is 0 Å².